The summed E-state index contributed by atoms with van der Waals surface area (Å²) in [5.41, 5.74) is 4.38. The monoisotopic (exact) mass is 275 g/mol. The van der Waals surface area contributed by atoms with Gasteiger partial charge in [0.25, 0.3) is 0 Å². The van der Waals surface area contributed by atoms with Crippen LogP contribution in [0.4, 0.5) is 4.39 Å². The summed E-state index contributed by atoms with van der Waals surface area (Å²) in [6.07, 6.45) is 1.83. The SMILES string of the molecule is Cc1cc(-c2[nH]ncc2CNCC(C)C)cc(C)c1F. The molecule has 3 nitrogen and oxygen atoms in total. The van der Waals surface area contributed by atoms with Crippen LogP contribution in [-0.4, -0.2) is 16.7 Å². The van der Waals surface area contributed by atoms with Crippen LogP contribution in [-0.2, 0) is 6.54 Å². The molecule has 0 spiro atoms. The largest absolute Gasteiger partial charge is 0.312 e. The van der Waals surface area contributed by atoms with E-state index >= 15 is 0 Å². The molecule has 0 aliphatic carbocycles. The van der Waals surface area contributed by atoms with Gasteiger partial charge in [-0.1, -0.05) is 13.8 Å². The minimum atomic E-state index is -0.132. The predicted molar refractivity (Wildman–Crippen MR) is 80.0 cm³/mol. The molecule has 0 unspecified atom stereocenters. The summed E-state index contributed by atoms with van der Waals surface area (Å²) in [5, 5.41) is 10.5. The van der Waals surface area contributed by atoms with Crippen molar-refractivity contribution in [2.45, 2.75) is 34.2 Å². The lowest BCUT2D eigenvalue weighted by Gasteiger charge is -2.09. The standard InChI is InChI=1S/C16H22FN3/c1-10(2)7-18-8-14-9-19-20-16(14)13-5-11(3)15(17)12(4)6-13/h5-6,9-10,18H,7-8H2,1-4H3,(H,19,20). The van der Waals surface area contributed by atoms with Crippen molar-refractivity contribution in [2.75, 3.05) is 6.54 Å². The lowest BCUT2D eigenvalue weighted by Crippen LogP contribution is -2.19. The highest BCUT2D eigenvalue weighted by atomic mass is 19.1. The van der Waals surface area contributed by atoms with Crippen molar-refractivity contribution >= 4 is 0 Å². The van der Waals surface area contributed by atoms with Crippen LogP contribution in [0.3, 0.4) is 0 Å². The third-order valence-electron chi connectivity index (χ3n) is 3.31. The molecule has 108 valence electrons. The molecule has 0 amide bonds. The Balaban J connectivity index is 2.23. The maximum Gasteiger partial charge on any atom is 0.129 e. The molecule has 0 saturated heterocycles. The normalized spacial score (nSPS) is 11.3. The first-order chi connectivity index (χ1) is 9.49. The molecule has 0 radical (unpaired) electrons. The van der Waals surface area contributed by atoms with E-state index in [0.717, 1.165) is 29.9 Å². The quantitative estimate of drug-likeness (QED) is 0.875. The van der Waals surface area contributed by atoms with Crippen molar-refractivity contribution in [1.29, 1.82) is 0 Å². The molecule has 2 aromatic rings. The second-order valence-corrected chi connectivity index (χ2v) is 5.72. The topological polar surface area (TPSA) is 40.7 Å². The fraction of sp³-hybridized carbons (Fsp3) is 0.438. The van der Waals surface area contributed by atoms with Crippen LogP contribution in [0.2, 0.25) is 0 Å². The molecule has 0 saturated carbocycles. The minimum absolute atomic E-state index is 0.132. The Morgan fingerprint density at radius 2 is 1.90 bits per heavy atom. The van der Waals surface area contributed by atoms with Gasteiger partial charge < -0.3 is 5.32 Å². The molecule has 0 aliphatic heterocycles. The predicted octanol–water partition coefficient (Wildman–Crippen LogP) is 3.58. The van der Waals surface area contributed by atoms with E-state index in [0.29, 0.717) is 17.0 Å². The van der Waals surface area contributed by atoms with Gasteiger partial charge >= 0.3 is 0 Å². The molecule has 2 rings (SSSR count). The molecule has 0 atom stereocenters. The first-order valence-corrected chi connectivity index (χ1v) is 6.99. The fourth-order valence-corrected chi connectivity index (χ4v) is 2.28. The number of aromatic nitrogens is 2. The number of H-pyrrole nitrogens is 1. The summed E-state index contributed by atoms with van der Waals surface area (Å²) < 4.78 is 13.7. The molecule has 4 heteroatoms. The van der Waals surface area contributed by atoms with Crippen molar-refractivity contribution in [3.8, 4) is 11.3 Å². The number of benzene rings is 1. The number of aryl methyl sites for hydroxylation is 2. The molecule has 1 aromatic carbocycles. The Morgan fingerprint density at radius 3 is 2.50 bits per heavy atom. The van der Waals surface area contributed by atoms with Crippen LogP contribution >= 0.6 is 0 Å². The third kappa shape index (κ3) is 3.25. The highest BCUT2D eigenvalue weighted by molar-refractivity contribution is 5.64. The summed E-state index contributed by atoms with van der Waals surface area (Å²) in [4.78, 5) is 0. The van der Waals surface area contributed by atoms with E-state index in [-0.39, 0.29) is 5.82 Å². The minimum Gasteiger partial charge on any atom is -0.312 e. The Kier molecular flexibility index (Phi) is 4.55. The molecule has 1 heterocycles. The van der Waals surface area contributed by atoms with Crippen LogP contribution in [0, 0.1) is 25.6 Å². The van der Waals surface area contributed by atoms with Gasteiger partial charge in [-0.3, -0.25) is 5.10 Å². The van der Waals surface area contributed by atoms with Crippen molar-refractivity contribution in [3.05, 3.63) is 40.8 Å². The van der Waals surface area contributed by atoms with Gasteiger partial charge in [-0.15, -0.1) is 0 Å². The van der Waals surface area contributed by atoms with E-state index in [9.17, 15) is 4.39 Å². The number of rotatable bonds is 5. The zero-order chi connectivity index (χ0) is 14.7. The van der Waals surface area contributed by atoms with Gasteiger partial charge in [0, 0.05) is 17.7 Å². The molecular formula is C16H22FN3. The van der Waals surface area contributed by atoms with E-state index in [2.05, 4.69) is 29.4 Å². The number of halogens is 1. The Hall–Kier alpha value is -1.68. The van der Waals surface area contributed by atoms with Crippen molar-refractivity contribution in [3.63, 3.8) is 0 Å². The van der Waals surface area contributed by atoms with E-state index < -0.39 is 0 Å². The second-order valence-electron chi connectivity index (χ2n) is 5.72. The molecular weight excluding hydrogens is 253 g/mol. The smallest absolute Gasteiger partial charge is 0.129 e. The fourth-order valence-electron chi connectivity index (χ4n) is 2.28. The van der Waals surface area contributed by atoms with E-state index in [4.69, 9.17) is 0 Å². The summed E-state index contributed by atoms with van der Waals surface area (Å²) in [7, 11) is 0. The second kappa shape index (κ2) is 6.18. The van der Waals surface area contributed by atoms with Crippen molar-refractivity contribution in [2.24, 2.45) is 5.92 Å². The molecule has 0 bridgehead atoms. The van der Waals surface area contributed by atoms with Gasteiger partial charge in [-0.2, -0.15) is 5.10 Å². The lowest BCUT2D eigenvalue weighted by atomic mass is 10.0. The third-order valence-corrected chi connectivity index (χ3v) is 3.31. The molecule has 0 fully saturated rings. The summed E-state index contributed by atoms with van der Waals surface area (Å²) in [6.45, 7) is 9.66. The first kappa shape index (κ1) is 14.7. The van der Waals surface area contributed by atoms with Crippen molar-refractivity contribution in [1.82, 2.24) is 15.5 Å². The summed E-state index contributed by atoms with van der Waals surface area (Å²) >= 11 is 0. The number of nitrogens with one attached hydrogen (secondary N) is 2. The number of nitrogens with zero attached hydrogens (tertiary/aromatic N) is 1. The highest BCUT2D eigenvalue weighted by Gasteiger charge is 2.11. The van der Waals surface area contributed by atoms with Gasteiger partial charge in [-0.05, 0) is 49.6 Å². The average Bonchev–Trinajstić information content (AvgIpc) is 2.83. The van der Waals surface area contributed by atoms with E-state index in [1.807, 2.05) is 18.3 Å². The maximum absolute atomic E-state index is 13.7. The molecule has 1 aromatic heterocycles. The van der Waals surface area contributed by atoms with Gasteiger partial charge in [0.2, 0.25) is 0 Å². The maximum atomic E-state index is 13.7. The van der Waals surface area contributed by atoms with E-state index in [1.165, 1.54) is 0 Å². The molecule has 2 N–H and O–H groups in total. The van der Waals surface area contributed by atoms with Crippen LogP contribution in [0.15, 0.2) is 18.3 Å². The first-order valence-electron chi connectivity index (χ1n) is 6.99. The van der Waals surface area contributed by atoms with Crippen LogP contribution in [0.25, 0.3) is 11.3 Å². The van der Waals surface area contributed by atoms with Crippen molar-refractivity contribution < 1.29 is 4.39 Å². The Morgan fingerprint density at radius 1 is 1.25 bits per heavy atom. The zero-order valence-corrected chi connectivity index (χ0v) is 12.5. The number of hydrogen-bond acceptors (Lipinski definition) is 2. The summed E-state index contributed by atoms with van der Waals surface area (Å²) in [6, 6.07) is 3.73. The average molecular weight is 275 g/mol. The molecule has 0 aliphatic rings. The zero-order valence-electron chi connectivity index (χ0n) is 12.5. The molecule has 20 heavy (non-hydrogen) atoms. The Bertz CT molecular complexity index is 564. The summed E-state index contributed by atoms with van der Waals surface area (Å²) in [5.74, 6) is 0.480. The number of hydrogen-bond donors (Lipinski definition) is 2. The lowest BCUT2D eigenvalue weighted by molar-refractivity contribution is 0.552. The van der Waals surface area contributed by atoms with Gasteiger partial charge in [0.15, 0.2) is 0 Å². The van der Waals surface area contributed by atoms with Gasteiger partial charge in [-0.25, -0.2) is 4.39 Å². The van der Waals surface area contributed by atoms with Crippen LogP contribution < -0.4 is 5.32 Å². The van der Waals surface area contributed by atoms with E-state index in [1.54, 1.807) is 13.8 Å². The highest BCUT2D eigenvalue weighted by Crippen LogP contribution is 2.25. The van der Waals surface area contributed by atoms with Crippen LogP contribution in [0.5, 0.6) is 0 Å². The van der Waals surface area contributed by atoms with Gasteiger partial charge in [0.1, 0.15) is 5.82 Å². The number of aromatic amines is 1. The van der Waals surface area contributed by atoms with Crippen LogP contribution in [0.1, 0.15) is 30.5 Å². The Labute approximate surface area is 119 Å². The van der Waals surface area contributed by atoms with Gasteiger partial charge in [0.05, 0.1) is 11.9 Å².